The second-order valence-electron chi connectivity index (χ2n) is 6.05. The Hall–Kier alpha value is -3.28. The molecule has 0 fully saturated rings. The van der Waals surface area contributed by atoms with Crippen molar-refractivity contribution in [3.63, 3.8) is 0 Å². The van der Waals surface area contributed by atoms with Crippen molar-refractivity contribution in [2.45, 2.75) is 12.5 Å². The molecule has 1 atom stereocenters. The van der Waals surface area contributed by atoms with Gasteiger partial charge in [0.05, 0.1) is 26.7 Å². The van der Waals surface area contributed by atoms with E-state index in [1.165, 1.54) is 12.1 Å². The number of carbonyl (C=O) groups is 1. The van der Waals surface area contributed by atoms with Gasteiger partial charge in [-0.15, -0.1) is 0 Å². The van der Waals surface area contributed by atoms with Gasteiger partial charge in [0.1, 0.15) is 17.3 Å². The Balaban J connectivity index is 1.80. The molecule has 0 unspecified atom stereocenters. The standard InChI is InChI=1S/C21H21FN2O3/c1-26-18-11-17(12-19(13-18)27-2)23-21(25)14-20(24-9-3-4-10-24)15-5-7-16(22)8-6-15/h3-13,20H,14H2,1-2H3,(H,23,25)/t20-/m0/s1. The molecule has 140 valence electrons. The predicted molar refractivity (Wildman–Crippen MR) is 102 cm³/mol. The first-order valence-electron chi connectivity index (χ1n) is 8.50. The zero-order valence-electron chi connectivity index (χ0n) is 15.2. The molecule has 1 aromatic heterocycles. The van der Waals surface area contributed by atoms with Crippen LogP contribution < -0.4 is 14.8 Å². The van der Waals surface area contributed by atoms with E-state index in [2.05, 4.69) is 5.32 Å². The fourth-order valence-corrected chi connectivity index (χ4v) is 2.90. The Kier molecular flexibility index (Phi) is 5.76. The number of anilines is 1. The molecule has 0 saturated heterocycles. The minimum Gasteiger partial charge on any atom is -0.497 e. The summed E-state index contributed by atoms with van der Waals surface area (Å²) in [6.45, 7) is 0. The average molecular weight is 368 g/mol. The molecule has 0 bridgehead atoms. The average Bonchev–Trinajstić information content (AvgIpc) is 3.21. The number of halogens is 1. The Morgan fingerprint density at radius 3 is 2.19 bits per heavy atom. The van der Waals surface area contributed by atoms with Crippen LogP contribution in [0.2, 0.25) is 0 Å². The summed E-state index contributed by atoms with van der Waals surface area (Å²) in [5.74, 6) is 0.696. The van der Waals surface area contributed by atoms with Gasteiger partial charge in [-0.25, -0.2) is 4.39 Å². The maximum atomic E-state index is 13.3. The van der Waals surface area contributed by atoms with E-state index in [0.717, 1.165) is 5.56 Å². The molecule has 6 heteroatoms. The van der Waals surface area contributed by atoms with Crippen molar-refractivity contribution in [3.05, 3.63) is 78.4 Å². The van der Waals surface area contributed by atoms with Gasteiger partial charge in [0.15, 0.2) is 0 Å². The van der Waals surface area contributed by atoms with E-state index in [1.54, 1.807) is 44.6 Å². The van der Waals surface area contributed by atoms with Gasteiger partial charge in [0.2, 0.25) is 5.91 Å². The number of amides is 1. The number of rotatable bonds is 7. The van der Waals surface area contributed by atoms with Gasteiger partial charge in [-0.2, -0.15) is 0 Å². The second-order valence-corrected chi connectivity index (χ2v) is 6.05. The SMILES string of the molecule is COc1cc(NC(=O)C[C@@H](c2ccc(F)cc2)n2cccc2)cc(OC)c1. The summed E-state index contributed by atoms with van der Waals surface area (Å²) in [6, 6.07) is 14.9. The molecule has 0 aliphatic rings. The molecule has 1 amide bonds. The van der Waals surface area contributed by atoms with Gasteiger partial charge in [-0.1, -0.05) is 12.1 Å². The number of nitrogens with one attached hydrogen (secondary N) is 1. The minimum absolute atomic E-state index is 0.173. The van der Waals surface area contributed by atoms with Crippen molar-refractivity contribution < 1.29 is 18.7 Å². The lowest BCUT2D eigenvalue weighted by atomic mass is 10.0. The lowest BCUT2D eigenvalue weighted by Crippen LogP contribution is -2.19. The quantitative estimate of drug-likeness (QED) is 0.678. The molecule has 3 rings (SSSR count). The van der Waals surface area contributed by atoms with E-state index in [4.69, 9.17) is 9.47 Å². The van der Waals surface area contributed by atoms with E-state index in [0.29, 0.717) is 17.2 Å². The van der Waals surface area contributed by atoms with Crippen molar-refractivity contribution in [1.82, 2.24) is 4.57 Å². The first-order chi connectivity index (χ1) is 13.1. The monoisotopic (exact) mass is 368 g/mol. The highest BCUT2D eigenvalue weighted by Crippen LogP contribution is 2.27. The summed E-state index contributed by atoms with van der Waals surface area (Å²) in [7, 11) is 3.11. The highest BCUT2D eigenvalue weighted by atomic mass is 19.1. The van der Waals surface area contributed by atoms with Gasteiger partial charge < -0.3 is 19.4 Å². The number of nitrogens with zero attached hydrogens (tertiary/aromatic N) is 1. The zero-order valence-corrected chi connectivity index (χ0v) is 15.2. The van der Waals surface area contributed by atoms with E-state index in [1.807, 2.05) is 29.1 Å². The van der Waals surface area contributed by atoms with E-state index in [-0.39, 0.29) is 24.2 Å². The second kappa shape index (κ2) is 8.40. The van der Waals surface area contributed by atoms with Crippen LogP contribution in [0.25, 0.3) is 0 Å². The van der Waals surface area contributed by atoms with Gasteiger partial charge in [-0.3, -0.25) is 4.79 Å². The summed E-state index contributed by atoms with van der Waals surface area (Å²) in [5.41, 5.74) is 1.44. The Morgan fingerprint density at radius 1 is 1.04 bits per heavy atom. The van der Waals surface area contributed by atoms with Crippen molar-refractivity contribution in [2.75, 3.05) is 19.5 Å². The van der Waals surface area contributed by atoms with Crippen molar-refractivity contribution in [1.29, 1.82) is 0 Å². The van der Waals surface area contributed by atoms with Crippen molar-refractivity contribution in [3.8, 4) is 11.5 Å². The number of hydrogen-bond acceptors (Lipinski definition) is 3. The summed E-state index contributed by atoms with van der Waals surface area (Å²) in [6.07, 6.45) is 3.96. The van der Waals surface area contributed by atoms with Gasteiger partial charge in [0.25, 0.3) is 0 Å². The molecule has 1 heterocycles. The molecule has 3 aromatic rings. The summed E-state index contributed by atoms with van der Waals surface area (Å²) >= 11 is 0. The van der Waals surface area contributed by atoms with E-state index in [9.17, 15) is 9.18 Å². The molecule has 27 heavy (non-hydrogen) atoms. The summed E-state index contributed by atoms with van der Waals surface area (Å²) in [4.78, 5) is 12.7. The molecule has 0 saturated carbocycles. The summed E-state index contributed by atoms with van der Waals surface area (Å²) < 4.78 is 25.7. The van der Waals surface area contributed by atoms with Crippen molar-refractivity contribution >= 4 is 11.6 Å². The van der Waals surface area contributed by atoms with Crippen LogP contribution in [-0.2, 0) is 4.79 Å². The zero-order chi connectivity index (χ0) is 19.2. The number of carbonyl (C=O) groups excluding carboxylic acids is 1. The molecule has 0 aliphatic carbocycles. The Bertz CT molecular complexity index is 870. The fraction of sp³-hybridized carbons (Fsp3) is 0.190. The maximum absolute atomic E-state index is 13.3. The van der Waals surface area contributed by atoms with Crippen molar-refractivity contribution in [2.24, 2.45) is 0 Å². The molecule has 5 nitrogen and oxygen atoms in total. The van der Waals surface area contributed by atoms with Gasteiger partial charge in [-0.05, 0) is 29.8 Å². The third kappa shape index (κ3) is 4.67. The van der Waals surface area contributed by atoms with Gasteiger partial charge >= 0.3 is 0 Å². The number of ether oxygens (including phenoxy) is 2. The van der Waals surface area contributed by atoms with Crippen LogP contribution in [0.3, 0.4) is 0 Å². The largest absolute Gasteiger partial charge is 0.497 e. The molecule has 0 aliphatic heterocycles. The van der Waals surface area contributed by atoms with Crippen LogP contribution in [0, 0.1) is 5.82 Å². The molecule has 0 spiro atoms. The topological polar surface area (TPSA) is 52.5 Å². The number of aromatic nitrogens is 1. The first kappa shape index (κ1) is 18.5. The van der Waals surface area contributed by atoms with E-state index < -0.39 is 0 Å². The summed E-state index contributed by atoms with van der Waals surface area (Å²) in [5, 5.41) is 2.88. The molecule has 1 N–H and O–H groups in total. The Labute approximate surface area is 157 Å². The van der Waals surface area contributed by atoms with Crippen LogP contribution in [-0.4, -0.2) is 24.7 Å². The lowest BCUT2D eigenvalue weighted by molar-refractivity contribution is -0.116. The third-order valence-electron chi connectivity index (χ3n) is 4.26. The first-order valence-corrected chi connectivity index (χ1v) is 8.50. The number of benzene rings is 2. The Morgan fingerprint density at radius 2 is 1.63 bits per heavy atom. The molecule has 0 radical (unpaired) electrons. The van der Waals surface area contributed by atoms with Crippen LogP contribution >= 0.6 is 0 Å². The number of hydrogen-bond donors (Lipinski definition) is 1. The normalized spacial score (nSPS) is 11.7. The molecular weight excluding hydrogens is 347 g/mol. The maximum Gasteiger partial charge on any atom is 0.226 e. The third-order valence-corrected chi connectivity index (χ3v) is 4.26. The minimum atomic E-state index is -0.307. The fourth-order valence-electron chi connectivity index (χ4n) is 2.90. The van der Waals surface area contributed by atoms with Crippen LogP contribution in [0.1, 0.15) is 18.0 Å². The highest BCUT2D eigenvalue weighted by molar-refractivity contribution is 5.91. The molecular formula is C21H21FN2O3. The smallest absolute Gasteiger partial charge is 0.226 e. The van der Waals surface area contributed by atoms with Crippen LogP contribution in [0.15, 0.2) is 67.0 Å². The predicted octanol–water partition coefficient (Wildman–Crippen LogP) is 4.26. The number of methoxy groups -OCH3 is 2. The van der Waals surface area contributed by atoms with E-state index >= 15 is 0 Å². The van der Waals surface area contributed by atoms with Crippen LogP contribution in [0.4, 0.5) is 10.1 Å². The van der Waals surface area contributed by atoms with Crippen LogP contribution in [0.5, 0.6) is 11.5 Å². The highest BCUT2D eigenvalue weighted by Gasteiger charge is 2.18. The molecule has 2 aromatic carbocycles. The van der Waals surface area contributed by atoms with Gasteiger partial charge in [0, 0.05) is 36.3 Å². The lowest BCUT2D eigenvalue weighted by Gasteiger charge is -2.19.